The van der Waals surface area contributed by atoms with Gasteiger partial charge in [0.15, 0.2) is 5.58 Å². The van der Waals surface area contributed by atoms with Crippen molar-refractivity contribution in [2.45, 2.75) is 30.9 Å². The van der Waals surface area contributed by atoms with E-state index in [0.717, 1.165) is 35.7 Å². The van der Waals surface area contributed by atoms with E-state index >= 15 is 0 Å². The molecule has 4 rings (SSSR count). The van der Waals surface area contributed by atoms with E-state index in [-0.39, 0.29) is 29.9 Å². The predicted molar refractivity (Wildman–Crippen MR) is 146 cm³/mol. The summed E-state index contributed by atoms with van der Waals surface area (Å²) in [6.07, 6.45) is 4.23. The normalized spacial score (nSPS) is 14.6. The lowest BCUT2D eigenvalue weighted by Gasteiger charge is -2.14. The average molecular weight is 541 g/mol. The maximum atomic E-state index is 12.7. The maximum absolute atomic E-state index is 12.7. The number of carbonyl (C=O) groups is 3. The van der Waals surface area contributed by atoms with Crippen LogP contribution in [0.25, 0.3) is 17.2 Å². The first kappa shape index (κ1) is 25.9. The van der Waals surface area contributed by atoms with E-state index in [9.17, 15) is 14.4 Å². The molecular formula is C25H24N4O4S3. The van der Waals surface area contributed by atoms with Crippen LogP contribution in [0.4, 0.5) is 0 Å². The number of para-hydroxylation sites is 2. The number of hydrogen-bond acceptors (Lipinski definition) is 8. The Labute approximate surface area is 222 Å². The Bertz CT molecular complexity index is 1260. The number of rotatable bonds is 10. The zero-order chi connectivity index (χ0) is 25.3. The van der Waals surface area contributed by atoms with E-state index in [1.165, 1.54) is 11.8 Å². The largest absolute Gasteiger partial charge is 0.431 e. The number of aromatic nitrogens is 1. The van der Waals surface area contributed by atoms with E-state index in [1.54, 1.807) is 4.90 Å². The lowest BCUT2D eigenvalue weighted by atomic mass is 10.2. The van der Waals surface area contributed by atoms with Gasteiger partial charge in [0.2, 0.25) is 11.8 Å². The zero-order valence-corrected chi connectivity index (χ0v) is 21.7. The van der Waals surface area contributed by atoms with Crippen molar-refractivity contribution in [2.24, 2.45) is 0 Å². The molecule has 186 valence electrons. The number of carbonyl (C=O) groups excluding carboxylic acids is 3. The minimum absolute atomic E-state index is 0.0651. The van der Waals surface area contributed by atoms with Crippen LogP contribution in [0.15, 0.2) is 69.1 Å². The van der Waals surface area contributed by atoms with E-state index < -0.39 is 0 Å². The van der Waals surface area contributed by atoms with Crippen molar-refractivity contribution < 1.29 is 18.8 Å². The smallest absolute Gasteiger partial charge is 0.266 e. The summed E-state index contributed by atoms with van der Waals surface area (Å²) in [5.41, 5.74) is 7.17. The molecule has 2 N–H and O–H groups in total. The van der Waals surface area contributed by atoms with E-state index in [2.05, 4.69) is 15.8 Å². The number of oxazole rings is 1. The second-order valence-electron chi connectivity index (χ2n) is 7.89. The molecule has 1 saturated heterocycles. The van der Waals surface area contributed by atoms with Crippen LogP contribution < -0.4 is 10.9 Å². The summed E-state index contributed by atoms with van der Waals surface area (Å²) in [6, 6.07) is 17.0. The molecule has 3 aromatic rings. The molecule has 1 aliphatic rings. The molecule has 0 unspecified atom stereocenters. The van der Waals surface area contributed by atoms with Gasteiger partial charge in [0.05, 0.1) is 10.7 Å². The number of thiocarbonyl (C=S) groups is 1. The van der Waals surface area contributed by atoms with Crippen LogP contribution in [0, 0.1) is 0 Å². The Balaban J connectivity index is 1.09. The molecule has 1 aliphatic heterocycles. The van der Waals surface area contributed by atoms with Gasteiger partial charge in [-0.2, -0.15) is 0 Å². The van der Waals surface area contributed by atoms with E-state index in [4.69, 9.17) is 16.6 Å². The van der Waals surface area contributed by atoms with Gasteiger partial charge in [0.25, 0.3) is 11.1 Å². The van der Waals surface area contributed by atoms with E-state index in [0.29, 0.717) is 33.0 Å². The summed E-state index contributed by atoms with van der Waals surface area (Å²) in [5, 5.41) is 0.398. The highest BCUT2D eigenvalue weighted by atomic mass is 32.2. The predicted octanol–water partition coefficient (Wildman–Crippen LogP) is 4.53. The molecule has 36 heavy (non-hydrogen) atoms. The fourth-order valence-electron chi connectivity index (χ4n) is 3.40. The quantitative estimate of drug-likeness (QED) is 0.127. The van der Waals surface area contributed by atoms with Crippen molar-refractivity contribution in [3.05, 3.63) is 65.1 Å². The lowest BCUT2D eigenvalue weighted by molar-refractivity contribution is -0.127. The Morgan fingerprint density at radius 2 is 1.78 bits per heavy atom. The summed E-state index contributed by atoms with van der Waals surface area (Å²) in [5.74, 6) is -0.638. The fraction of sp³-hybridized carbons (Fsp3) is 0.240. The minimum atomic E-state index is -0.353. The van der Waals surface area contributed by atoms with Crippen LogP contribution in [0.2, 0.25) is 0 Å². The van der Waals surface area contributed by atoms with Gasteiger partial charge in [-0.15, -0.1) is 0 Å². The number of nitrogens with zero attached hydrogens (tertiary/aromatic N) is 2. The fourth-order valence-corrected chi connectivity index (χ4v) is 5.35. The third-order valence-electron chi connectivity index (χ3n) is 5.20. The maximum Gasteiger partial charge on any atom is 0.266 e. The molecule has 1 fully saturated rings. The van der Waals surface area contributed by atoms with Crippen LogP contribution in [-0.2, 0) is 14.4 Å². The van der Waals surface area contributed by atoms with Gasteiger partial charge in [-0.05, 0) is 36.6 Å². The first-order valence-corrected chi connectivity index (χ1v) is 13.6. The van der Waals surface area contributed by atoms with Gasteiger partial charge in [0.1, 0.15) is 9.84 Å². The number of benzene rings is 2. The summed E-state index contributed by atoms with van der Waals surface area (Å²) >= 11 is 7.83. The van der Waals surface area contributed by atoms with Crippen molar-refractivity contribution in [1.29, 1.82) is 0 Å². The van der Waals surface area contributed by atoms with E-state index in [1.807, 2.05) is 60.7 Å². The molecule has 0 atom stereocenters. The third-order valence-corrected chi connectivity index (χ3v) is 7.40. The highest BCUT2D eigenvalue weighted by Crippen LogP contribution is 2.32. The molecule has 2 aromatic carbocycles. The number of fused-ring (bicyclic) bond motifs is 1. The molecule has 0 aliphatic carbocycles. The van der Waals surface area contributed by atoms with Gasteiger partial charge in [-0.25, -0.2) is 4.98 Å². The zero-order valence-electron chi connectivity index (χ0n) is 19.3. The molecule has 0 radical (unpaired) electrons. The van der Waals surface area contributed by atoms with Crippen molar-refractivity contribution >= 4 is 75.0 Å². The average Bonchev–Trinajstić information content (AvgIpc) is 3.42. The standard InChI is InChI=1S/C25H24N4O4S3/c30-21(27-28-22(31)16-35-24-26-18-11-6-7-12-19(18)33-24)13-5-2-8-14-29-23(32)20(36-25(29)34)15-17-9-3-1-4-10-17/h1,3-4,6-7,9-12,15H,2,5,8,13-14,16H2,(H,27,30)(H,28,31). The summed E-state index contributed by atoms with van der Waals surface area (Å²) < 4.78 is 6.10. The Morgan fingerprint density at radius 3 is 2.58 bits per heavy atom. The molecule has 11 heteroatoms. The summed E-state index contributed by atoms with van der Waals surface area (Å²) in [4.78, 5) is 43.2. The highest BCUT2D eigenvalue weighted by Gasteiger charge is 2.31. The lowest BCUT2D eigenvalue weighted by Crippen LogP contribution is -2.42. The summed E-state index contributed by atoms with van der Waals surface area (Å²) in [7, 11) is 0. The number of nitrogens with one attached hydrogen (secondary N) is 2. The van der Waals surface area contributed by atoms with Gasteiger partial charge >= 0.3 is 0 Å². The molecule has 1 aromatic heterocycles. The van der Waals surface area contributed by atoms with Crippen molar-refractivity contribution in [1.82, 2.24) is 20.7 Å². The number of unbranched alkanes of at least 4 members (excludes halogenated alkanes) is 2. The second kappa shape index (κ2) is 12.7. The van der Waals surface area contributed by atoms with Gasteiger partial charge in [-0.1, -0.05) is 84.6 Å². The first-order valence-electron chi connectivity index (χ1n) is 11.4. The molecule has 0 saturated carbocycles. The Kier molecular flexibility index (Phi) is 9.15. The van der Waals surface area contributed by atoms with Gasteiger partial charge in [-0.3, -0.25) is 30.1 Å². The molecule has 0 spiro atoms. The number of hydrogen-bond donors (Lipinski definition) is 2. The molecule has 3 amide bonds. The Hall–Kier alpha value is -3.15. The SMILES string of the molecule is O=C(CCCCCN1C(=O)C(=Cc2ccccc2)SC1=S)NNC(=O)CSc1nc2ccccc2o1. The van der Waals surface area contributed by atoms with Crippen LogP contribution in [0.1, 0.15) is 31.2 Å². The third kappa shape index (κ3) is 7.19. The number of amides is 3. The van der Waals surface area contributed by atoms with Crippen LogP contribution in [-0.4, -0.2) is 44.2 Å². The molecule has 8 nitrogen and oxygen atoms in total. The van der Waals surface area contributed by atoms with Gasteiger partial charge < -0.3 is 4.42 Å². The minimum Gasteiger partial charge on any atom is -0.431 e. The molecule has 2 heterocycles. The first-order chi connectivity index (χ1) is 17.5. The Morgan fingerprint density at radius 1 is 1.03 bits per heavy atom. The summed E-state index contributed by atoms with van der Waals surface area (Å²) in [6.45, 7) is 0.516. The number of hydrazine groups is 1. The second-order valence-corrected chi connectivity index (χ2v) is 10.5. The highest BCUT2D eigenvalue weighted by molar-refractivity contribution is 8.26. The van der Waals surface area contributed by atoms with Crippen molar-refractivity contribution in [2.75, 3.05) is 12.3 Å². The van der Waals surface area contributed by atoms with Crippen LogP contribution >= 0.6 is 35.7 Å². The molecular weight excluding hydrogens is 517 g/mol. The number of thioether (sulfide) groups is 2. The molecule has 0 bridgehead atoms. The van der Waals surface area contributed by atoms with Gasteiger partial charge in [0, 0.05) is 13.0 Å². The van der Waals surface area contributed by atoms with Crippen LogP contribution in [0.5, 0.6) is 0 Å². The van der Waals surface area contributed by atoms with Crippen LogP contribution in [0.3, 0.4) is 0 Å². The monoisotopic (exact) mass is 540 g/mol. The van der Waals surface area contributed by atoms with Crippen molar-refractivity contribution in [3.63, 3.8) is 0 Å². The topological polar surface area (TPSA) is 105 Å². The van der Waals surface area contributed by atoms with Crippen molar-refractivity contribution in [3.8, 4) is 0 Å².